The number of carbonyl (C=O) groups is 1. The number of benzene rings is 4. The molecule has 1 N–H and O–H groups in total. The maximum Gasteiger partial charge on any atom is 0.258 e. The Morgan fingerprint density at radius 1 is 0.518 bits per heavy atom. The van der Waals surface area contributed by atoms with Crippen molar-refractivity contribution in [3.8, 4) is 0 Å². The van der Waals surface area contributed by atoms with Crippen molar-refractivity contribution in [3.63, 3.8) is 0 Å². The van der Waals surface area contributed by atoms with Gasteiger partial charge in [0.15, 0.2) is 46.0 Å². The van der Waals surface area contributed by atoms with Gasteiger partial charge >= 0.3 is 0 Å². The van der Waals surface area contributed by atoms with E-state index in [4.69, 9.17) is 30.0 Å². The van der Waals surface area contributed by atoms with Crippen LogP contribution in [0.1, 0.15) is 78.0 Å². The minimum atomic E-state index is -0.706. The number of hydrogen-bond acceptors (Lipinski definition) is 9. The van der Waals surface area contributed by atoms with Gasteiger partial charge in [-0.15, -0.1) is 0 Å². The number of hydrogen-bond donors (Lipinski definition) is 1. The van der Waals surface area contributed by atoms with Gasteiger partial charge in [-0.25, -0.2) is 39.2 Å². The second kappa shape index (κ2) is 12.3. The van der Waals surface area contributed by atoms with Crippen LogP contribution in [0.5, 0.6) is 0 Å². The van der Waals surface area contributed by atoms with E-state index in [-0.39, 0.29) is 5.91 Å². The molecule has 0 radical (unpaired) electrons. The summed E-state index contributed by atoms with van der Waals surface area (Å²) < 4.78 is 3.69. The Kier molecular flexibility index (Phi) is 7.57. The quantitative estimate of drug-likeness (QED) is 0.198. The minimum absolute atomic E-state index is 0.177. The second-order valence-corrected chi connectivity index (χ2v) is 16.5. The summed E-state index contributed by atoms with van der Waals surface area (Å²) >= 11 is 1.70. The lowest BCUT2D eigenvalue weighted by molar-refractivity contribution is 0.0886. The van der Waals surface area contributed by atoms with Crippen molar-refractivity contribution in [1.82, 2.24) is 9.24 Å². The number of nitrogens with one attached hydrogen (secondary N) is 1. The monoisotopic (exact) mass is 755 g/mol. The van der Waals surface area contributed by atoms with Gasteiger partial charge in [-0.2, -0.15) is 11.8 Å². The molecule has 1 atom stereocenters. The number of fused-ring (bicyclic) bond motifs is 16. The van der Waals surface area contributed by atoms with E-state index in [9.17, 15) is 0 Å². The molecule has 0 saturated heterocycles. The highest BCUT2D eigenvalue weighted by Crippen LogP contribution is 2.44. The van der Waals surface area contributed by atoms with E-state index in [1.54, 1.807) is 16.3 Å². The number of rotatable bonds is 3. The molecule has 0 fully saturated rings. The molecule has 278 valence electrons. The summed E-state index contributed by atoms with van der Waals surface area (Å²) in [5, 5.41) is 3.60. The fourth-order valence-corrected chi connectivity index (χ4v) is 9.36. The molecule has 10 nitrogen and oxygen atoms in total. The highest BCUT2D eigenvalue weighted by Gasteiger charge is 2.35. The minimum Gasteiger partial charge on any atom is -0.310 e. The van der Waals surface area contributed by atoms with Crippen LogP contribution in [0.3, 0.4) is 0 Å². The molecular weight excluding hydrogens is 715 g/mol. The van der Waals surface area contributed by atoms with Gasteiger partial charge < -0.3 is 5.43 Å². The van der Waals surface area contributed by atoms with Crippen molar-refractivity contribution in [2.24, 2.45) is 30.0 Å². The van der Waals surface area contributed by atoms with Crippen LogP contribution in [0, 0.1) is 55.4 Å². The van der Waals surface area contributed by atoms with Crippen LogP contribution in [0.15, 0.2) is 78.5 Å². The normalized spacial score (nSPS) is 19.6. The molecule has 11 heteroatoms. The van der Waals surface area contributed by atoms with E-state index in [0.717, 1.165) is 94.1 Å². The molecule has 6 bridgehead atoms. The van der Waals surface area contributed by atoms with Gasteiger partial charge in [0.05, 0.1) is 0 Å². The molecule has 2 aromatic heterocycles. The SMILES string of the molecule is CSCC[C@@H]1Nn2/c3c4c(C)ccc(C)c4/c2=N\C2=NC(=N\c4c5c(C)ccc(C)c5c(n4C1=O)/N=C1N=C(/N=3)c3c(C)ccc(C)c3\1)/c1c(C)ccc(C)c12. The number of aryl methyl sites for hydroxylation is 8. The van der Waals surface area contributed by atoms with E-state index in [1.165, 1.54) is 0 Å². The Morgan fingerprint density at radius 2 is 0.875 bits per heavy atom. The largest absolute Gasteiger partial charge is 0.310 e. The van der Waals surface area contributed by atoms with E-state index in [2.05, 4.69) is 116 Å². The van der Waals surface area contributed by atoms with Crippen molar-refractivity contribution in [3.05, 3.63) is 126 Å². The molecule has 6 aromatic rings. The van der Waals surface area contributed by atoms with Gasteiger partial charge in [0.25, 0.3) is 5.91 Å². The molecule has 4 aliphatic heterocycles. The first-order chi connectivity index (χ1) is 27.0. The molecule has 0 aliphatic carbocycles. The number of thioether (sulfide) groups is 1. The van der Waals surface area contributed by atoms with Crippen LogP contribution in [0.25, 0.3) is 21.5 Å². The zero-order valence-electron chi connectivity index (χ0n) is 33.0. The van der Waals surface area contributed by atoms with Crippen molar-refractivity contribution in [2.75, 3.05) is 17.4 Å². The third-order valence-electron chi connectivity index (χ3n) is 11.8. The summed E-state index contributed by atoms with van der Waals surface area (Å²) in [5.74, 6) is 3.75. The molecule has 6 heterocycles. The molecule has 56 heavy (non-hydrogen) atoms. The highest BCUT2D eigenvalue weighted by molar-refractivity contribution is 7.98. The van der Waals surface area contributed by atoms with Crippen LogP contribution >= 0.6 is 11.8 Å². The Labute approximate surface area is 328 Å². The van der Waals surface area contributed by atoms with Crippen LogP contribution < -0.4 is 16.4 Å². The maximum atomic E-state index is 15.8. The molecule has 0 spiro atoms. The third kappa shape index (κ3) is 4.73. The lowest BCUT2D eigenvalue weighted by Gasteiger charge is -2.21. The lowest BCUT2D eigenvalue weighted by Crippen LogP contribution is -2.46. The summed E-state index contributed by atoms with van der Waals surface area (Å²) in [6.45, 7) is 16.7. The predicted molar refractivity (Wildman–Crippen MR) is 229 cm³/mol. The number of nitrogens with zero attached hydrogens (tertiary/aromatic N) is 8. The fraction of sp³-hybridized carbons (Fsp3) is 0.267. The van der Waals surface area contributed by atoms with Crippen LogP contribution in [-0.2, 0) is 0 Å². The van der Waals surface area contributed by atoms with E-state index in [1.807, 2.05) is 4.68 Å². The first-order valence-electron chi connectivity index (χ1n) is 19.1. The lowest BCUT2D eigenvalue weighted by atomic mass is 9.97. The summed E-state index contributed by atoms with van der Waals surface area (Å²) in [5.41, 5.74) is 16.9. The van der Waals surface area contributed by atoms with Gasteiger partial charge in [-0.3, -0.25) is 4.79 Å². The van der Waals surface area contributed by atoms with E-state index < -0.39 is 6.04 Å². The second-order valence-electron chi connectivity index (χ2n) is 15.5. The van der Waals surface area contributed by atoms with E-state index in [0.29, 0.717) is 52.4 Å². The van der Waals surface area contributed by atoms with Gasteiger partial charge in [0.2, 0.25) is 0 Å². The predicted octanol–water partition coefficient (Wildman–Crippen LogP) is 8.01. The van der Waals surface area contributed by atoms with Crippen LogP contribution in [-0.4, -0.2) is 56.5 Å². The van der Waals surface area contributed by atoms with Crippen molar-refractivity contribution >= 4 is 74.2 Å². The molecule has 0 saturated carbocycles. The number of aliphatic imine (C=N–C) groups is 4. The Bertz CT molecular complexity index is 2910. The van der Waals surface area contributed by atoms with Gasteiger partial charge in [0.1, 0.15) is 6.04 Å². The number of amidine groups is 4. The first kappa shape index (κ1) is 34.5. The molecule has 0 unspecified atom stereocenters. The number of aromatic nitrogens is 2. The van der Waals surface area contributed by atoms with E-state index >= 15 is 4.79 Å². The Morgan fingerprint density at radius 3 is 1.27 bits per heavy atom. The van der Waals surface area contributed by atoms with Crippen LogP contribution in [0.4, 0.5) is 11.6 Å². The highest BCUT2D eigenvalue weighted by atomic mass is 32.2. The first-order valence-corrected chi connectivity index (χ1v) is 20.4. The fourth-order valence-electron chi connectivity index (χ4n) is 8.89. The molecular formula is C45H41N9OS. The maximum absolute atomic E-state index is 15.8. The summed E-state index contributed by atoms with van der Waals surface area (Å²) in [6.07, 6.45) is 2.60. The van der Waals surface area contributed by atoms with Crippen LogP contribution in [0.2, 0.25) is 0 Å². The standard InChI is InChI=1S/C45H41N9OS/c1-20-10-12-22(3)31-29(20)37-46-39(31)50-43-35-26(7)16-17-27(8)36(35)44-51-40-32-23(4)13-11-21(2)30(32)38(47-40)49-42-34-25(6)15-14-24(5)33(34)41(48-37)53(42)45(55)28(18-19-56-9)52-54(43)44/h10-17,28,52H,18-19H2,1-9H3/b48-37-,48-41?,49-38-,49-42?,50-39?,50-43-,51-40?,51-44+/t28-/m0/s1. The van der Waals surface area contributed by atoms with Gasteiger partial charge in [-0.1, -0.05) is 48.5 Å². The third-order valence-corrected chi connectivity index (χ3v) is 12.5. The van der Waals surface area contributed by atoms with Crippen molar-refractivity contribution in [2.45, 2.75) is 67.9 Å². The van der Waals surface area contributed by atoms with Gasteiger partial charge in [-0.05, 0) is 118 Å². The Balaban J connectivity index is 1.52. The van der Waals surface area contributed by atoms with Crippen molar-refractivity contribution < 1.29 is 4.79 Å². The smallest absolute Gasteiger partial charge is 0.258 e. The summed E-state index contributed by atoms with van der Waals surface area (Å²) in [6, 6.07) is 16.2. The molecule has 0 amide bonds. The molecule has 4 aliphatic rings. The van der Waals surface area contributed by atoms with Crippen molar-refractivity contribution in [1.29, 1.82) is 0 Å². The zero-order chi connectivity index (χ0) is 38.9. The van der Waals surface area contributed by atoms with Gasteiger partial charge in [0, 0.05) is 43.8 Å². The number of carbonyl (C=O) groups excluding carboxylic acids is 1. The molecule has 4 aromatic carbocycles. The summed E-state index contributed by atoms with van der Waals surface area (Å²) in [4.78, 5) is 48.2. The zero-order valence-corrected chi connectivity index (χ0v) is 33.8. The molecule has 10 rings (SSSR count). The Hall–Kier alpha value is -5.94. The average Bonchev–Trinajstić information content (AvgIpc) is 3.90. The average molecular weight is 756 g/mol. The summed E-state index contributed by atoms with van der Waals surface area (Å²) in [7, 11) is 0. The topological polar surface area (TPSA) is 113 Å².